The Hall–Kier alpha value is -2.78. The summed E-state index contributed by atoms with van der Waals surface area (Å²) in [5.74, 6) is -0.927. The number of carbonyl (C=O) groups excluding carboxylic acids is 4. The minimum atomic E-state index is -0.724. The molecule has 3 saturated carbocycles. The number of hydrogen-bond acceptors (Lipinski definition) is 7. The minimum Gasteiger partial charge on any atom is -0.445 e. The van der Waals surface area contributed by atoms with E-state index in [0.29, 0.717) is 36.9 Å². The second-order valence-corrected chi connectivity index (χ2v) is 15.1. The lowest BCUT2D eigenvalue weighted by atomic mass is 9.43. The van der Waals surface area contributed by atoms with Crippen LogP contribution in [0.15, 0.2) is 18.2 Å². The maximum atomic E-state index is 14.0. The highest BCUT2D eigenvalue weighted by Crippen LogP contribution is 2.68. The number of aliphatic hydroxyl groups is 1. The van der Waals surface area contributed by atoms with Gasteiger partial charge in [-0.1, -0.05) is 54.5 Å². The highest BCUT2D eigenvalue weighted by molar-refractivity contribution is 6.06. The van der Waals surface area contributed by atoms with Gasteiger partial charge in [-0.3, -0.25) is 14.4 Å². The normalized spacial score (nSPS) is 37.5. The first-order valence-electron chi connectivity index (χ1n) is 16.5. The molecule has 0 saturated heterocycles. The fourth-order valence-corrected chi connectivity index (χ4v) is 9.15. The van der Waals surface area contributed by atoms with Crippen LogP contribution < -0.4 is 11.1 Å². The average Bonchev–Trinajstić information content (AvgIpc) is 3.35. The summed E-state index contributed by atoms with van der Waals surface area (Å²) in [4.78, 5) is 55.2. The Morgan fingerprint density at radius 3 is 2.52 bits per heavy atom. The number of aliphatic hydroxyl groups excluding tert-OH is 1. The van der Waals surface area contributed by atoms with Crippen molar-refractivity contribution in [2.24, 2.45) is 45.7 Å². The second-order valence-electron chi connectivity index (χ2n) is 15.1. The van der Waals surface area contributed by atoms with Gasteiger partial charge in [0.2, 0.25) is 5.91 Å². The van der Waals surface area contributed by atoms with Gasteiger partial charge < -0.3 is 20.9 Å². The van der Waals surface area contributed by atoms with Crippen LogP contribution in [0.25, 0.3) is 0 Å². The lowest BCUT2D eigenvalue weighted by Gasteiger charge is -2.62. The summed E-state index contributed by atoms with van der Waals surface area (Å²) >= 11 is 0. The van der Waals surface area contributed by atoms with Crippen molar-refractivity contribution in [3.63, 3.8) is 0 Å². The second kappa shape index (κ2) is 11.5. The molecule has 3 aliphatic carbocycles. The number of carbonyl (C=O) groups is 4. The largest absolute Gasteiger partial charge is 0.445 e. The van der Waals surface area contributed by atoms with Crippen LogP contribution in [-0.4, -0.2) is 58.5 Å². The molecule has 44 heavy (non-hydrogen) atoms. The van der Waals surface area contributed by atoms with Crippen molar-refractivity contribution >= 4 is 29.4 Å². The lowest BCUT2D eigenvalue weighted by molar-refractivity contribution is -0.199. The molecule has 1 aliphatic heterocycles. The Morgan fingerprint density at radius 2 is 1.86 bits per heavy atom. The molecule has 0 spiro atoms. The number of ketones is 1. The van der Waals surface area contributed by atoms with Gasteiger partial charge in [0.15, 0.2) is 0 Å². The Labute approximate surface area is 261 Å². The van der Waals surface area contributed by atoms with Crippen molar-refractivity contribution in [3.05, 3.63) is 29.3 Å². The van der Waals surface area contributed by atoms with Gasteiger partial charge in [0.25, 0.3) is 5.91 Å². The number of ether oxygens (including phenoxy) is 1. The molecule has 3 amide bonds. The smallest absolute Gasteiger partial charge is 0.417 e. The Morgan fingerprint density at radius 1 is 1.16 bits per heavy atom. The van der Waals surface area contributed by atoms with E-state index in [1.54, 1.807) is 18.2 Å². The van der Waals surface area contributed by atoms with Gasteiger partial charge in [-0.15, -0.1) is 0 Å². The predicted octanol–water partition coefficient (Wildman–Crippen LogP) is 5.33. The summed E-state index contributed by atoms with van der Waals surface area (Å²) in [5.41, 5.74) is 6.08. The SMILES string of the molecule is CC[C@]1(C)C[C@@H](OC(=O)N2CCc3ccc(NC(=O)C(N)C(C)C)cc3C2=O)[C@@]2(C)C3C(=O)CC[C@@]3(CC[C@H]2C)[C@@H](C)[C@@H]1O. The summed E-state index contributed by atoms with van der Waals surface area (Å²) in [7, 11) is 0. The fraction of sp³-hybridized carbons (Fsp3) is 0.714. The molecule has 1 aromatic carbocycles. The van der Waals surface area contributed by atoms with Gasteiger partial charge in [0.1, 0.15) is 11.9 Å². The van der Waals surface area contributed by atoms with E-state index in [4.69, 9.17) is 10.5 Å². The van der Waals surface area contributed by atoms with E-state index in [1.165, 1.54) is 0 Å². The third-order valence-corrected chi connectivity index (χ3v) is 12.7. The van der Waals surface area contributed by atoms with Crippen molar-refractivity contribution in [1.82, 2.24) is 4.90 Å². The maximum Gasteiger partial charge on any atom is 0.417 e. The van der Waals surface area contributed by atoms with Gasteiger partial charge in [-0.2, -0.15) is 0 Å². The maximum absolute atomic E-state index is 14.0. The lowest BCUT2D eigenvalue weighted by Crippen LogP contribution is -2.63. The average molecular weight is 610 g/mol. The molecule has 1 heterocycles. The number of fused-ring (bicyclic) bond motifs is 1. The molecule has 242 valence electrons. The molecule has 0 aromatic heterocycles. The van der Waals surface area contributed by atoms with Crippen LogP contribution in [-0.2, 0) is 20.7 Å². The first-order chi connectivity index (χ1) is 20.6. The van der Waals surface area contributed by atoms with Gasteiger partial charge in [-0.05, 0) is 84.8 Å². The highest BCUT2D eigenvalue weighted by atomic mass is 16.6. The molecule has 0 radical (unpaired) electrons. The number of anilines is 1. The third-order valence-electron chi connectivity index (χ3n) is 12.7. The molecular formula is C35H51N3O6. The number of nitrogens with two attached hydrogens (primary N) is 1. The van der Waals surface area contributed by atoms with Crippen molar-refractivity contribution in [1.29, 1.82) is 0 Å². The van der Waals surface area contributed by atoms with Crippen LogP contribution in [0.2, 0.25) is 0 Å². The molecule has 9 heteroatoms. The fourth-order valence-electron chi connectivity index (χ4n) is 9.15. The van der Waals surface area contributed by atoms with E-state index >= 15 is 0 Å². The highest BCUT2D eigenvalue weighted by Gasteiger charge is 2.68. The molecular weight excluding hydrogens is 558 g/mol. The number of benzene rings is 1. The standard InChI is InChI=1S/C35H51N3O6/c1-8-33(6)18-26(34(7)20(4)11-14-35(21(5)29(33)40)15-12-25(39)28(34)35)44-32(43)38-16-13-22-9-10-23(17-24(22)31(38)42)37-30(41)27(36)19(2)3/h9-10,17,19-21,26-29,40H,8,11-16,18,36H2,1-7H3,(H,37,41)/t20-,21+,26-,27?,28?,29+,33-,34+,35+/m1/s1. The topological polar surface area (TPSA) is 139 Å². The van der Waals surface area contributed by atoms with Crippen molar-refractivity contribution in [3.8, 4) is 0 Å². The number of nitrogens with zero attached hydrogens (tertiary/aromatic N) is 1. The third kappa shape index (κ3) is 4.98. The van der Waals surface area contributed by atoms with Crippen molar-refractivity contribution < 1.29 is 29.0 Å². The van der Waals surface area contributed by atoms with Gasteiger partial charge in [0, 0.05) is 35.5 Å². The molecule has 9 atom stereocenters. The molecule has 4 N–H and O–H groups in total. The van der Waals surface area contributed by atoms with Crippen LogP contribution in [0, 0.1) is 39.9 Å². The molecule has 9 nitrogen and oxygen atoms in total. The molecule has 3 fully saturated rings. The number of nitrogens with one attached hydrogen (secondary N) is 1. The van der Waals surface area contributed by atoms with E-state index in [2.05, 4.69) is 39.9 Å². The summed E-state index contributed by atoms with van der Waals surface area (Å²) in [6.07, 6.45) is 2.53. The number of Topliss-reactive ketones (excluding diaryl/α,β-unsaturated/α-hetero) is 1. The summed E-state index contributed by atoms with van der Waals surface area (Å²) in [5, 5.41) is 14.6. The van der Waals surface area contributed by atoms with Crippen LogP contribution in [0.1, 0.15) is 103 Å². The zero-order chi connectivity index (χ0) is 32.4. The van der Waals surface area contributed by atoms with Crippen LogP contribution in [0.5, 0.6) is 0 Å². The molecule has 2 unspecified atom stereocenters. The molecule has 4 aliphatic rings. The van der Waals surface area contributed by atoms with Crippen molar-refractivity contribution in [2.45, 2.75) is 112 Å². The monoisotopic (exact) mass is 609 g/mol. The Kier molecular flexibility index (Phi) is 8.55. The van der Waals surface area contributed by atoms with Crippen LogP contribution in [0.4, 0.5) is 10.5 Å². The number of amides is 3. The zero-order valence-electron chi connectivity index (χ0n) is 27.4. The predicted molar refractivity (Wildman–Crippen MR) is 168 cm³/mol. The van der Waals surface area contributed by atoms with Crippen LogP contribution in [0.3, 0.4) is 0 Å². The van der Waals surface area contributed by atoms with Crippen LogP contribution >= 0.6 is 0 Å². The Balaban J connectivity index is 1.45. The summed E-state index contributed by atoms with van der Waals surface area (Å²) in [6.45, 7) is 14.4. The summed E-state index contributed by atoms with van der Waals surface area (Å²) in [6, 6.07) is 4.45. The number of rotatable bonds is 5. The molecule has 2 bridgehead atoms. The molecule has 5 rings (SSSR count). The first kappa shape index (κ1) is 32.6. The van der Waals surface area contributed by atoms with Gasteiger partial charge in [0.05, 0.1) is 12.1 Å². The van der Waals surface area contributed by atoms with E-state index < -0.39 is 41.1 Å². The van der Waals surface area contributed by atoms with E-state index in [0.717, 1.165) is 29.7 Å². The minimum absolute atomic E-state index is 0.0508. The number of hydrogen-bond donors (Lipinski definition) is 3. The Bertz CT molecular complexity index is 1350. The molecule has 1 aromatic rings. The first-order valence-corrected chi connectivity index (χ1v) is 16.5. The van der Waals surface area contributed by atoms with Crippen molar-refractivity contribution in [2.75, 3.05) is 11.9 Å². The summed E-state index contributed by atoms with van der Waals surface area (Å²) < 4.78 is 6.41. The van der Waals surface area contributed by atoms with E-state index in [1.807, 2.05) is 13.8 Å². The van der Waals surface area contributed by atoms with Gasteiger partial charge in [-0.25, -0.2) is 9.69 Å². The van der Waals surface area contributed by atoms with Gasteiger partial charge >= 0.3 is 6.09 Å². The van der Waals surface area contributed by atoms with E-state index in [9.17, 15) is 24.3 Å². The number of imide groups is 1. The van der Waals surface area contributed by atoms with E-state index in [-0.39, 0.29) is 47.3 Å². The quantitative estimate of drug-likeness (QED) is 0.410. The zero-order valence-corrected chi connectivity index (χ0v) is 27.4.